The lowest BCUT2D eigenvalue weighted by Gasteiger charge is -2.34. The van der Waals surface area contributed by atoms with Gasteiger partial charge in [-0.05, 0) is 31.4 Å². The monoisotopic (exact) mass is 286 g/mol. The van der Waals surface area contributed by atoms with Crippen LogP contribution in [0.3, 0.4) is 0 Å². The molecule has 1 aliphatic heterocycles. The van der Waals surface area contributed by atoms with E-state index in [2.05, 4.69) is 4.98 Å². The van der Waals surface area contributed by atoms with Crippen molar-refractivity contribution in [3.8, 4) is 0 Å². The lowest BCUT2D eigenvalue weighted by molar-refractivity contribution is -0.148. The van der Waals surface area contributed by atoms with Crippen LogP contribution in [0.1, 0.15) is 36.5 Å². The summed E-state index contributed by atoms with van der Waals surface area (Å²) in [6.07, 6.45) is 3.46. The lowest BCUT2D eigenvalue weighted by atomic mass is 9.92. The molecule has 3 rings (SSSR count). The van der Waals surface area contributed by atoms with Gasteiger partial charge in [0.2, 0.25) is 0 Å². The standard InChI is InChI=1S/C16H18N2O3/c1-2-16(15(20)21)8-4-10-18(16)14(19)12-6-3-5-11-7-9-17-13(11)12/h3,5-7,9,17H,2,4,8,10H2,1H3,(H,20,21). The molecule has 2 N–H and O–H groups in total. The molecule has 1 aromatic heterocycles. The zero-order valence-corrected chi connectivity index (χ0v) is 11.9. The molecule has 1 saturated heterocycles. The second-order valence-corrected chi connectivity index (χ2v) is 5.50. The molecule has 21 heavy (non-hydrogen) atoms. The number of nitrogens with zero attached hydrogens (tertiary/aromatic N) is 1. The number of likely N-dealkylation sites (tertiary alicyclic amines) is 1. The van der Waals surface area contributed by atoms with E-state index < -0.39 is 11.5 Å². The zero-order chi connectivity index (χ0) is 15.0. The van der Waals surface area contributed by atoms with Gasteiger partial charge in [-0.15, -0.1) is 0 Å². The van der Waals surface area contributed by atoms with Gasteiger partial charge in [-0.1, -0.05) is 19.1 Å². The van der Waals surface area contributed by atoms with Gasteiger partial charge in [0.1, 0.15) is 5.54 Å². The molecule has 1 aliphatic rings. The first-order chi connectivity index (χ1) is 10.1. The van der Waals surface area contributed by atoms with Crippen LogP contribution in [0.2, 0.25) is 0 Å². The first-order valence-corrected chi connectivity index (χ1v) is 7.21. The minimum atomic E-state index is -1.06. The number of H-pyrrole nitrogens is 1. The minimum absolute atomic E-state index is 0.204. The third kappa shape index (κ3) is 1.92. The Morgan fingerprint density at radius 3 is 2.90 bits per heavy atom. The molecule has 110 valence electrons. The Balaban J connectivity index is 2.05. The number of hydrogen-bond acceptors (Lipinski definition) is 2. The van der Waals surface area contributed by atoms with E-state index in [1.807, 2.05) is 25.1 Å². The van der Waals surface area contributed by atoms with Crippen LogP contribution in [0.15, 0.2) is 30.5 Å². The third-order valence-corrected chi connectivity index (χ3v) is 4.53. The van der Waals surface area contributed by atoms with E-state index in [-0.39, 0.29) is 5.91 Å². The topological polar surface area (TPSA) is 73.4 Å². The maximum atomic E-state index is 12.9. The summed E-state index contributed by atoms with van der Waals surface area (Å²) in [6, 6.07) is 7.41. The number of hydrogen-bond donors (Lipinski definition) is 2. The first kappa shape index (κ1) is 13.7. The summed E-state index contributed by atoms with van der Waals surface area (Å²) in [5.41, 5.74) is 0.245. The maximum absolute atomic E-state index is 12.9. The van der Waals surface area contributed by atoms with Gasteiger partial charge < -0.3 is 15.0 Å². The maximum Gasteiger partial charge on any atom is 0.329 e. The fourth-order valence-corrected chi connectivity index (χ4v) is 3.32. The minimum Gasteiger partial charge on any atom is -0.479 e. The van der Waals surface area contributed by atoms with Gasteiger partial charge in [0.15, 0.2) is 0 Å². The number of carboxylic acids is 1. The summed E-state index contributed by atoms with van der Waals surface area (Å²) in [5, 5.41) is 10.6. The van der Waals surface area contributed by atoms with E-state index in [9.17, 15) is 14.7 Å². The largest absolute Gasteiger partial charge is 0.479 e. The summed E-state index contributed by atoms with van der Waals surface area (Å²) >= 11 is 0. The number of amides is 1. The van der Waals surface area contributed by atoms with Gasteiger partial charge in [0, 0.05) is 18.1 Å². The average Bonchev–Trinajstić information content (AvgIpc) is 3.12. The van der Waals surface area contributed by atoms with Crippen molar-refractivity contribution in [1.29, 1.82) is 0 Å². The van der Waals surface area contributed by atoms with Gasteiger partial charge in [0.25, 0.3) is 5.91 Å². The molecule has 2 aromatic rings. The van der Waals surface area contributed by atoms with Crippen molar-refractivity contribution in [1.82, 2.24) is 9.88 Å². The number of para-hydroxylation sites is 1. The Morgan fingerprint density at radius 2 is 2.19 bits per heavy atom. The Kier molecular flexibility index (Phi) is 3.20. The number of carbonyl (C=O) groups is 2. The number of fused-ring (bicyclic) bond motifs is 1. The van der Waals surface area contributed by atoms with Crippen molar-refractivity contribution in [3.05, 3.63) is 36.0 Å². The van der Waals surface area contributed by atoms with E-state index in [0.29, 0.717) is 24.9 Å². The van der Waals surface area contributed by atoms with Crippen LogP contribution in [0.25, 0.3) is 10.9 Å². The lowest BCUT2D eigenvalue weighted by Crippen LogP contribution is -2.52. The highest BCUT2D eigenvalue weighted by molar-refractivity contribution is 6.07. The van der Waals surface area contributed by atoms with Crippen LogP contribution in [0, 0.1) is 0 Å². The van der Waals surface area contributed by atoms with E-state index in [0.717, 1.165) is 17.3 Å². The molecule has 5 heteroatoms. The number of carbonyl (C=O) groups excluding carboxylic acids is 1. The molecule has 1 aromatic carbocycles. The molecule has 1 amide bonds. The van der Waals surface area contributed by atoms with Crippen molar-refractivity contribution >= 4 is 22.8 Å². The number of rotatable bonds is 3. The number of aromatic nitrogens is 1. The summed E-state index contributed by atoms with van der Waals surface area (Å²) in [6.45, 7) is 2.32. The van der Waals surface area contributed by atoms with Crippen LogP contribution in [0.5, 0.6) is 0 Å². The molecular formula is C16H18N2O3. The quantitative estimate of drug-likeness (QED) is 0.911. The van der Waals surface area contributed by atoms with Gasteiger partial charge in [-0.25, -0.2) is 4.79 Å². The molecule has 0 aliphatic carbocycles. The Labute approximate surface area is 122 Å². The molecule has 0 spiro atoms. The number of nitrogens with one attached hydrogen (secondary N) is 1. The normalized spacial score (nSPS) is 21.9. The highest BCUT2D eigenvalue weighted by Gasteiger charge is 2.48. The molecule has 0 saturated carbocycles. The van der Waals surface area contributed by atoms with Crippen LogP contribution in [-0.2, 0) is 4.79 Å². The van der Waals surface area contributed by atoms with E-state index >= 15 is 0 Å². The molecule has 0 radical (unpaired) electrons. The predicted molar refractivity (Wildman–Crippen MR) is 79.2 cm³/mol. The number of benzene rings is 1. The highest BCUT2D eigenvalue weighted by Crippen LogP contribution is 2.34. The molecule has 1 fully saturated rings. The summed E-state index contributed by atoms with van der Waals surface area (Å²) in [5.74, 6) is -1.11. The van der Waals surface area contributed by atoms with E-state index in [4.69, 9.17) is 0 Å². The Hall–Kier alpha value is -2.30. The van der Waals surface area contributed by atoms with E-state index in [1.54, 1.807) is 12.3 Å². The SMILES string of the molecule is CCC1(C(=O)O)CCCN1C(=O)c1cccc2cc[nH]c12. The predicted octanol–water partition coefficient (Wildman–Crippen LogP) is 2.64. The molecule has 5 nitrogen and oxygen atoms in total. The first-order valence-electron chi connectivity index (χ1n) is 7.21. The average molecular weight is 286 g/mol. The van der Waals surface area contributed by atoms with Crippen molar-refractivity contribution in [2.24, 2.45) is 0 Å². The van der Waals surface area contributed by atoms with Crippen molar-refractivity contribution < 1.29 is 14.7 Å². The van der Waals surface area contributed by atoms with Gasteiger partial charge in [-0.3, -0.25) is 4.79 Å². The Bertz CT molecular complexity index is 706. The van der Waals surface area contributed by atoms with Crippen LogP contribution in [0.4, 0.5) is 0 Å². The second-order valence-electron chi connectivity index (χ2n) is 5.50. The van der Waals surface area contributed by atoms with Crippen LogP contribution in [-0.4, -0.2) is 39.0 Å². The molecule has 2 heterocycles. The summed E-state index contributed by atoms with van der Waals surface area (Å²) < 4.78 is 0. The number of aromatic amines is 1. The van der Waals surface area contributed by atoms with Crippen molar-refractivity contribution in [2.45, 2.75) is 31.7 Å². The van der Waals surface area contributed by atoms with Crippen LogP contribution >= 0.6 is 0 Å². The molecule has 1 atom stereocenters. The zero-order valence-electron chi connectivity index (χ0n) is 11.9. The number of aliphatic carboxylic acids is 1. The fraction of sp³-hybridized carbons (Fsp3) is 0.375. The van der Waals surface area contributed by atoms with Crippen LogP contribution < -0.4 is 0 Å². The van der Waals surface area contributed by atoms with Gasteiger partial charge in [-0.2, -0.15) is 0 Å². The van der Waals surface area contributed by atoms with Gasteiger partial charge in [0.05, 0.1) is 11.1 Å². The van der Waals surface area contributed by atoms with Crippen molar-refractivity contribution in [3.63, 3.8) is 0 Å². The molecular weight excluding hydrogens is 268 g/mol. The molecule has 0 bridgehead atoms. The highest BCUT2D eigenvalue weighted by atomic mass is 16.4. The number of carboxylic acid groups (broad SMARTS) is 1. The third-order valence-electron chi connectivity index (χ3n) is 4.53. The Morgan fingerprint density at radius 1 is 1.38 bits per heavy atom. The second kappa shape index (κ2) is 4.91. The fourth-order valence-electron chi connectivity index (χ4n) is 3.32. The van der Waals surface area contributed by atoms with E-state index in [1.165, 1.54) is 4.90 Å². The summed E-state index contributed by atoms with van der Waals surface area (Å²) in [7, 11) is 0. The van der Waals surface area contributed by atoms with Gasteiger partial charge >= 0.3 is 5.97 Å². The summed E-state index contributed by atoms with van der Waals surface area (Å²) in [4.78, 5) is 29.2. The smallest absolute Gasteiger partial charge is 0.329 e. The van der Waals surface area contributed by atoms with Crippen molar-refractivity contribution in [2.75, 3.05) is 6.54 Å². The molecule has 1 unspecified atom stereocenters.